The van der Waals surface area contributed by atoms with Gasteiger partial charge in [-0.15, -0.1) is 11.3 Å². The third kappa shape index (κ3) is 3.79. The van der Waals surface area contributed by atoms with E-state index in [9.17, 15) is 9.59 Å². The van der Waals surface area contributed by atoms with Crippen LogP contribution in [0.1, 0.15) is 9.75 Å². The van der Waals surface area contributed by atoms with E-state index in [0.29, 0.717) is 13.1 Å². The van der Waals surface area contributed by atoms with Gasteiger partial charge in [-0.05, 0) is 19.1 Å². The predicted molar refractivity (Wildman–Crippen MR) is 77.1 cm³/mol. The Morgan fingerprint density at radius 2 is 2.21 bits per heavy atom. The van der Waals surface area contributed by atoms with Crippen molar-refractivity contribution in [1.29, 1.82) is 0 Å². The van der Waals surface area contributed by atoms with Crippen molar-refractivity contribution in [2.75, 3.05) is 6.54 Å². The van der Waals surface area contributed by atoms with Gasteiger partial charge in [0.25, 0.3) is 5.56 Å². The molecule has 0 aliphatic rings. The molecular formula is C12H14ClN3O2S. The third-order valence-electron chi connectivity index (χ3n) is 2.59. The number of rotatable bonds is 5. The molecule has 0 atom stereocenters. The molecule has 0 unspecified atom stereocenters. The zero-order chi connectivity index (χ0) is 13.8. The minimum atomic E-state index is -0.551. The predicted octanol–water partition coefficient (Wildman–Crippen LogP) is 1.35. The summed E-state index contributed by atoms with van der Waals surface area (Å²) >= 11 is 7.42. The monoisotopic (exact) mass is 299 g/mol. The van der Waals surface area contributed by atoms with Crippen molar-refractivity contribution in [2.24, 2.45) is 0 Å². The smallest absolute Gasteiger partial charge is 0.310 e. The molecule has 102 valence electrons. The molecule has 0 saturated carbocycles. The summed E-state index contributed by atoms with van der Waals surface area (Å²) in [6.45, 7) is 3.92. The molecule has 2 aromatic rings. The zero-order valence-electron chi connectivity index (χ0n) is 10.4. The molecule has 2 rings (SSSR count). The number of H-pyrrole nitrogens is 1. The maximum atomic E-state index is 11.5. The highest BCUT2D eigenvalue weighted by molar-refractivity contribution is 7.11. The average Bonchev–Trinajstić information content (AvgIpc) is 2.77. The molecule has 0 aliphatic carbocycles. The van der Waals surface area contributed by atoms with Crippen LogP contribution in [0.25, 0.3) is 0 Å². The largest absolute Gasteiger partial charge is 0.328 e. The quantitative estimate of drug-likeness (QED) is 0.819. The molecule has 0 fully saturated rings. The number of aromatic amines is 1. The molecule has 5 nitrogen and oxygen atoms in total. The van der Waals surface area contributed by atoms with Crippen molar-refractivity contribution >= 4 is 22.9 Å². The minimum absolute atomic E-state index is 0.0217. The second-order valence-electron chi connectivity index (χ2n) is 4.12. The van der Waals surface area contributed by atoms with Gasteiger partial charge in [-0.25, -0.2) is 4.79 Å². The van der Waals surface area contributed by atoms with Crippen LogP contribution in [0.5, 0.6) is 0 Å². The van der Waals surface area contributed by atoms with Crippen molar-refractivity contribution in [3.8, 4) is 0 Å². The lowest BCUT2D eigenvalue weighted by atomic mass is 10.4. The Morgan fingerprint density at radius 3 is 2.89 bits per heavy atom. The number of hydrogen-bond donors (Lipinski definition) is 2. The molecule has 0 aromatic carbocycles. The van der Waals surface area contributed by atoms with Gasteiger partial charge in [-0.1, -0.05) is 11.6 Å². The van der Waals surface area contributed by atoms with Crippen LogP contribution < -0.4 is 16.6 Å². The lowest BCUT2D eigenvalue weighted by Gasteiger charge is -2.06. The summed E-state index contributed by atoms with van der Waals surface area (Å²) in [4.78, 5) is 27.3. The molecule has 2 aromatic heterocycles. The molecule has 0 saturated heterocycles. The SMILES string of the molecule is Cc1ccc(CNCCn2cc(Cl)c(=O)[nH]c2=O)s1. The van der Waals surface area contributed by atoms with Crippen LogP contribution in [0.4, 0.5) is 0 Å². The first kappa shape index (κ1) is 14.0. The Kier molecular flexibility index (Phi) is 4.57. The van der Waals surface area contributed by atoms with E-state index in [1.54, 1.807) is 11.3 Å². The van der Waals surface area contributed by atoms with Gasteiger partial charge >= 0.3 is 5.69 Å². The topological polar surface area (TPSA) is 66.9 Å². The van der Waals surface area contributed by atoms with E-state index in [2.05, 4.69) is 29.4 Å². The van der Waals surface area contributed by atoms with Gasteiger partial charge in [0, 0.05) is 35.6 Å². The van der Waals surface area contributed by atoms with Crippen molar-refractivity contribution in [2.45, 2.75) is 20.0 Å². The summed E-state index contributed by atoms with van der Waals surface area (Å²) in [5, 5.41) is 3.26. The third-order valence-corrected chi connectivity index (χ3v) is 3.86. The van der Waals surface area contributed by atoms with Crippen molar-refractivity contribution < 1.29 is 0 Å². The first-order chi connectivity index (χ1) is 9.06. The minimum Gasteiger partial charge on any atom is -0.310 e. The fourth-order valence-electron chi connectivity index (χ4n) is 1.64. The Hall–Kier alpha value is -1.37. The highest BCUT2D eigenvalue weighted by Gasteiger charge is 2.02. The van der Waals surface area contributed by atoms with Crippen molar-refractivity contribution in [3.05, 3.63) is 53.9 Å². The van der Waals surface area contributed by atoms with E-state index in [1.165, 1.54) is 20.5 Å². The van der Waals surface area contributed by atoms with Crippen LogP contribution in [-0.2, 0) is 13.1 Å². The number of aromatic nitrogens is 2. The number of halogens is 1. The van der Waals surface area contributed by atoms with Crippen molar-refractivity contribution in [1.82, 2.24) is 14.9 Å². The Morgan fingerprint density at radius 1 is 1.42 bits per heavy atom. The van der Waals surface area contributed by atoms with Gasteiger partial charge in [0.05, 0.1) is 0 Å². The number of nitrogens with zero attached hydrogens (tertiary/aromatic N) is 1. The second-order valence-corrected chi connectivity index (χ2v) is 5.90. The lowest BCUT2D eigenvalue weighted by Crippen LogP contribution is -2.32. The molecule has 2 heterocycles. The van der Waals surface area contributed by atoms with Gasteiger partial charge in [0.2, 0.25) is 0 Å². The van der Waals surface area contributed by atoms with E-state index in [4.69, 9.17) is 11.6 Å². The lowest BCUT2D eigenvalue weighted by molar-refractivity contribution is 0.576. The molecule has 0 spiro atoms. The van der Waals surface area contributed by atoms with Gasteiger partial charge in [-0.3, -0.25) is 14.3 Å². The van der Waals surface area contributed by atoms with E-state index in [1.807, 2.05) is 0 Å². The molecular weight excluding hydrogens is 286 g/mol. The summed E-state index contributed by atoms with van der Waals surface area (Å²) < 4.78 is 1.39. The molecule has 19 heavy (non-hydrogen) atoms. The van der Waals surface area contributed by atoms with Crippen molar-refractivity contribution in [3.63, 3.8) is 0 Å². The molecule has 0 bridgehead atoms. The first-order valence-electron chi connectivity index (χ1n) is 5.81. The molecule has 7 heteroatoms. The van der Waals surface area contributed by atoms with E-state index >= 15 is 0 Å². The fourth-order valence-corrected chi connectivity index (χ4v) is 2.67. The Bertz CT molecular complexity index is 674. The second kappa shape index (κ2) is 6.18. The van der Waals surface area contributed by atoms with Crippen LogP contribution in [0.15, 0.2) is 27.9 Å². The van der Waals surface area contributed by atoms with Crippen LogP contribution in [0.2, 0.25) is 5.02 Å². The van der Waals surface area contributed by atoms with E-state index in [-0.39, 0.29) is 5.02 Å². The maximum absolute atomic E-state index is 11.5. The average molecular weight is 300 g/mol. The summed E-state index contributed by atoms with van der Waals surface area (Å²) in [7, 11) is 0. The first-order valence-corrected chi connectivity index (χ1v) is 7.01. The summed E-state index contributed by atoms with van der Waals surface area (Å²) in [6, 6.07) is 4.16. The van der Waals surface area contributed by atoms with Crippen LogP contribution >= 0.6 is 22.9 Å². The number of aryl methyl sites for hydroxylation is 1. The number of thiophene rings is 1. The fraction of sp³-hybridized carbons (Fsp3) is 0.333. The molecule has 2 N–H and O–H groups in total. The number of hydrogen-bond acceptors (Lipinski definition) is 4. The van der Waals surface area contributed by atoms with Crippen LogP contribution in [-0.4, -0.2) is 16.1 Å². The standard InChI is InChI=1S/C12H14ClN3O2S/c1-8-2-3-9(19-8)6-14-4-5-16-7-10(13)11(17)15-12(16)18/h2-3,7,14H,4-6H2,1H3,(H,15,17,18). The Labute approximate surface area is 118 Å². The summed E-state index contributed by atoms with van der Waals surface area (Å²) in [5.41, 5.74) is -0.992. The molecule has 0 amide bonds. The highest BCUT2D eigenvalue weighted by atomic mass is 35.5. The van der Waals surface area contributed by atoms with Gasteiger partial charge in [-0.2, -0.15) is 0 Å². The Balaban J connectivity index is 1.88. The highest BCUT2D eigenvalue weighted by Crippen LogP contribution is 2.14. The summed E-state index contributed by atoms with van der Waals surface area (Å²) in [6.07, 6.45) is 1.36. The zero-order valence-corrected chi connectivity index (χ0v) is 12.0. The van der Waals surface area contributed by atoms with Crippen LogP contribution in [0, 0.1) is 6.92 Å². The maximum Gasteiger partial charge on any atom is 0.328 e. The number of nitrogens with one attached hydrogen (secondary N) is 2. The summed E-state index contributed by atoms with van der Waals surface area (Å²) in [5.74, 6) is 0. The normalized spacial score (nSPS) is 10.8. The van der Waals surface area contributed by atoms with Gasteiger partial charge < -0.3 is 5.32 Å². The van der Waals surface area contributed by atoms with Gasteiger partial charge in [0.1, 0.15) is 5.02 Å². The van der Waals surface area contributed by atoms with Crippen LogP contribution in [0.3, 0.4) is 0 Å². The van der Waals surface area contributed by atoms with E-state index < -0.39 is 11.2 Å². The molecule has 0 aliphatic heterocycles. The van der Waals surface area contributed by atoms with E-state index in [0.717, 1.165) is 6.54 Å². The molecule has 0 radical (unpaired) electrons. The van der Waals surface area contributed by atoms with Gasteiger partial charge in [0.15, 0.2) is 0 Å².